The molecule has 0 fully saturated rings. The van der Waals surface area contributed by atoms with Crippen molar-refractivity contribution >= 4 is 22.5 Å². The van der Waals surface area contributed by atoms with E-state index in [-0.39, 0.29) is 0 Å². The summed E-state index contributed by atoms with van der Waals surface area (Å²) < 4.78 is 5.29. The quantitative estimate of drug-likeness (QED) is 0.861. The van der Waals surface area contributed by atoms with Gasteiger partial charge in [0.1, 0.15) is 5.75 Å². The summed E-state index contributed by atoms with van der Waals surface area (Å²) in [7, 11) is 1.66. The standard InChI is InChI=1S/C12H15ClN2O/c1-16-10-5-4-9(13)11-8(3-2-6-14)7-15-12(10)11/h4-5,7,15H,2-3,6,14H2,1H3. The average Bonchev–Trinajstić information content (AvgIpc) is 2.72. The molecule has 0 amide bonds. The van der Waals surface area contributed by atoms with Gasteiger partial charge in [-0.2, -0.15) is 0 Å². The minimum absolute atomic E-state index is 0.689. The molecule has 4 heteroatoms. The lowest BCUT2D eigenvalue weighted by atomic mass is 10.1. The fraction of sp³-hybridized carbons (Fsp3) is 0.333. The van der Waals surface area contributed by atoms with Crippen molar-refractivity contribution in [3.05, 3.63) is 28.9 Å². The van der Waals surface area contributed by atoms with Crippen molar-refractivity contribution in [3.63, 3.8) is 0 Å². The molecule has 0 aliphatic heterocycles. The lowest BCUT2D eigenvalue weighted by Gasteiger charge is -2.04. The molecule has 0 saturated carbocycles. The van der Waals surface area contributed by atoms with Crippen LogP contribution in [0.3, 0.4) is 0 Å². The molecule has 0 bridgehead atoms. The molecule has 0 aliphatic rings. The lowest BCUT2D eigenvalue weighted by Crippen LogP contribution is -1.99. The van der Waals surface area contributed by atoms with Gasteiger partial charge in [0, 0.05) is 11.6 Å². The van der Waals surface area contributed by atoms with Gasteiger partial charge < -0.3 is 15.5 Å². The van der Waals surface area contributed by atoms with Crippen molar-refractivity contribution < 1.29 is 4.74 Å². The molecule has 1 aromatic heterocycles. The molecular weight excluding hydrogens is 224 g/mol. The summed E-state index contributed by atoms with van der Waals surface area (Å²) in [5.41, 5.74) is 7.67. The normalized spacial score (nSPS) is 10.9. The molecule has 3 nitrogen and oxygen atoms in total. The van der Waals surface area contributed by atoms with Gasteiger partial charge >= 0.3 is 0 Å². The Balaban J connectivity index is 2.52. The molecule has 2 aromatic rings. The van der Waals surface area contributed by atoms with Gasteiger partial charge in [-0.25, -0.2) is 0 Å². The number of aromatic amines is 1. The number of hydrogen-bond donors (Lipinski definition) is 2. The number of hydrogen-bond acceptors (Lipinski definition) is 2. The van der Waals surface area contributed by atoms with Crippen molar-refractivity contribution in [3.8, 4) is 5.75 Å². The number of aryl methyl sites for hydroxylation is 1. The molecule has 0 aliphatic carbocycles. The first-order valence-electron chi connectivity index (χ1n) is 5.30. The molecule has 0 spiro atoms. The zero-order valence-electron chi connectivity index (χ0n) is 9.22. The predicted molar refractivity (Wildman–Crippen MR) is 67.2 cm³/mol. The molecule has 0 atom stereocenters. The SMILES string of the molecule is COc1ccc(Cl)c2c(CCCN)c[nH]c12. The second-order valence-corrected chi connectivity index (χ2v) is 4.11. The Labute approximate surface area is 99.5 Å². The van der Waals surface area contributed by atoms with E-state index < -0.39 is 0 Å². The Morgan fingerprint density at radius 3 is 2.94 bits per heavy atom. The number of benzene rings is 1. The minimum atomic E-state index is 0.689. The van der Waals surface area contributed by atoms with Crippen molar-refractivity contribution in [2.45, 2.75) is 12.8 Å². The maximum absolute atomic E-state index is 6.20. The Kier molecular flexibility index (Phi) is 3.36. The third-order valence-electron chi connectivity index (χ3n) is 2.70. The van der Waals surface area contributed by atoms with Crippen LogP contribution in [0, 0.1) is 0 Å². The molecule has 0 saturated heterocycles. The van der Waals surface area contributed by atoms with E-state index in [1.54, 1.807) is 7.11 Å². The van der Waals surface area contributed by atoms with E-state index >= 15 is 0 Å². The van der Waals surface area contributed by atoms with Crippen LogP contribution in [-0.2, 0) is 6.42 Å². The van der Waals surface area contributed by atoms with Gasteiger partial charge in [-0.05, 0) is 37.1 Å². The molecule has 0 unspecified atom stereocenters. The summed E-state index contributed by atoms with van der Waals surface area (Å²) in [6.07, 6.45) is 3.87. The van der Waals surface area contributed by atoms with Gasteiger partial charge in [-0.3, -0.25) is 0 Å². The van der Waals surface area contributed by atoms with Gasteiger partial charge in [-0.1, -0.05) is 11.6 Å². The largest absolute Gasteiger partial charge is 0.495 e. The topological polar surface area (TPSA) is 51.0 Å². The zero-order valence-corrected chi connectivity index (χ0v) is 9.97. The van der Waals surface area contributed by atoms with E-state index in [2.05, 4.69) is 4.98 Å². The Bertz CT molecular complexity index is 493. The molecule has 2 rings (SSSR count). The van der Waals surface area contributed by atoms with Gasteiger partial charge in [-0.15, -0.1) is 0 Å². The first-order chi connectivity index (χ1) is 7.77. The second kappa shape index (κ2) is 4.76. The number of fused-ring (bicyclic) bond motifs is 1. The summed E-state index contributed by atoms with van der Waals surface area (Å²) in [4.78, 5) is 3.21. The summed E-state index contributed by atoms with van der Waals surface area (Å²) in [6.45, 7) is 0.689. The highest BCUT2D eigenvalue weighted by molar-refractivity contribution is 6.36. The summed E-state index contributed by atoms with van der Waals surface area (Å²) in [5.74, 6) is 0.818. The van der Waals surface area contributed by atoms with Crippen LogP contribution in [0.25, 0.3) is 10.9 Å². The van der Waals surface area contributed by atoms with E-state index in [1.165, 1.54) is 5.56 Å². The van der Waals surface area contributed by atoms with Crippen LogP contribution in [0.1, 0.15) is 12.0 Å². The molecule has 86 valence electrons. The monoisotopic (exact) mass is 238 g/mol. The van der Waals surface area contributed by atoms with Crippen LogP contribution in [0.5, 0.6) is 5.75 Å². The van der Waals surface area contributed by atoms with Gasteiger partial charge in [0.2, 0.25) is 0 Å². The lowest BCUT2D eigenvalue weighted by molar-refractivity contribution is 0.419. The molecular formula is C12H15ClN2O. The minimum Gasteiger partial charge on any atom is -0.495 e. The third kappa shape index (κ3) is 1.88. The molecule has 0 radical (unpaired) electrons. The second-order valence-electron chi connectivity index (χ2n) is 3.71. The van der Waals surface area contributed by atoms with Crippen molar-refractivity contribution in [2.24, 2.45) is 5.73 Å². The third-order valence-corrected chi connectivity index (χ3v) is 3.01. The number of aromatic nitrogens is 1. The Morgan fingerprint density at radius 1 is 1.44 bits per heavy atom. The van der Waals surface area contributed by atoms with Crippen LogP contribution < -0.4 is 10.5 Å². The highest BCUT2D eigenvalue weighted by Crippen LogP contribution is 2.33. The first kappa shape index (κ1) is 11.3. The van der Waals surface area contributed by atoms with E-state index in [1.807, 2.05) is 18.3 Å². The van der Waals surface area contributed by atoms with Crippen LogP contribution in [0.4, 0.5) is 0 Å². The predicted octanol–water partition coefficient (Wildman–Crippen LogP) is 2.72. The van der Waals surface area contributed by atoms with Crippen LogP contribution >= 0.6 is 11.6 Å². The number of halogens is 1. The first-order valence-corrected chi connectivity index (χ1v) is 5.68. The van der Waals surface area contributed by atoms with Gasteiger partial charge in [0.15, 0.2) is 0 Å². The molecule has 16 heavy (non-hydrogen) atoms. The van der Waals surface area contributed by atoms with E-state index in [9.17, 15) is 0 Å². The van der Waals surface area contributed by atoms with E-state index in [4.69, 9.17) is 22.1 Å². The zero-order chi connectivity index (χ0) is 11.5. The fourth-order valence-electron chi connectivity index (χ4n) is 1.91. The van der Waals surface area contributed by atoms with Crippen LogP contribution in [0.15, 0.2) is 18.3 Å². The molecule has 1 heterocycles. The maximum atomic E-state index is 6.20. The fourth-order valence-corrected chi connectivity index (χ4v) is 2.19. The van der Waals surface area contributed by atoms with Crippen molar-refractivity contribution in [2.75, 3.05) is 13.7 Å². The smallest absolute Gasteiger partial charge is 0.143 e. The van der Waals surface area contributed by atoms with Gasteiger partial charge in [0.05, 0.1) is 17.6 Å². The maximum Gasteiger partial charge on any atom is 0.143 e. The van der Waals surface area contributed by atoms with Gasteiger partial charge in [0.25, 0.3) is 0 Å². The van der Waals surface area contributed by atoms with Crippen molar-refractivity contribution in [1.29, 1.82) is 0 Å². The highest BCUT2D eigenvalue weighted by Gasteiger charge is 2.11. The number of nitrogens with one attached hydrogen (secondary N) is 1. The number of ether oxygens (including phenoxy) is 1. The number of rotatable bonds is 4. The summed E-state index contributed by atoms with van der Waals surface area (Å²) in [5, 5.41) is 1.80. The molecule has 3 N–H and O–H groups in total. The Hall–Kier alpha value is -1.19. The highest BCUT2D eigenvalue weighted by atomic mass is 35.5. The number of methoxy groups -OCH3 is 1. The number of nitrogens with two attached hydrogens (primary N) is 1. The summed E-state index contributed by atoms with van der Waals surface area (Å²) >= 11 is 6.20. The Morgan fingerprint density at radius 2 is 2.25 bits per heavy atom. The van der Waals surface area contributed by atoms with Crippen LogP contribution in [0.2, 0.25) is 5.02 Å². The van der Waals surface area contributed by atoms with E-state index in [0.717, 1.165) is 34.5 Å². The summed E-state index contributed by atoms with van der Waals surface area (Å²) in [6, 6.07) is 3.73. The van der Waals surface area contributed by atoms with E-state index in [0.29, 0.717) is 6.54 Å². The average molecular weight is 239 g/mol. The molecule has 1 aromatic carbocycles. The van der Waals surface area contributed by atoms with Crippen LogP contribution in [-0.4, -0.2) is 18.6 Å². The number of H-pyrrole nitrogens is 1. The van der Waals surface area contributed by atoms with Crippen molar-refractivity contribution in [1.82, 2.24) is 4.98 Å².